The highest BCUT2D eigenvalue weighted by molar-refractivity contribution is 6.22. The summed E-state index contributed by atoms with van der Waals surface area (Å²) in [6, 6.07) is 14.4. The van der Waals surface area contributed by atoms with Crippen molar-refractivity contribution in [3.63, 3.8) is 0 Å². The number of hydrogen-bond acceptors (Lipinski definition) is 4. The van der Waals surface area contributed by atoms with Crippen molar-refractivity contribution in [2.45, 2.75) is 13.3 Å². The van der Waals surface area contributed by atoms with Crippen LogP contribution in [0.1, 0.15) is 33.2 Å². The van der Waals surface area contributed by atoms with Crippen LogP contribution >= 0.6 is 0 Å². The lowest BCUT2D eigenvalue weighted by Gasteiger charge is -2.13. The number of H-pyrrole nitrogens is 1. The second kappa shape index (κ2) is 7.11. The van der Waals surface area contributed by atoms with Crippen LogP contribution in [-0.2, 0) is 11.2 Å². The molecule has 1 aliphatic heterocycles. The van der Waals surface area contributed by atoms with Crippen LogP contribution in [0.5, 0.6) is 0 Å². The topological polar surface area (TPSA) is 94.6 Å². The average molecular weight is 374 g/mol. The van der Waals surface area contributed by atoms with Gasteiger partial charge >= 0.3 is 0 Å². The highest BCUT2D eigenvalue weighted by atomic mass is 16.2. The van der Waals surface area contributed by atoms with Gasteiger partial charge in [0.1, 0.15) is 0 Å². The van der Waals surface area contributed by atoms with Gasteiger partial charge < -0.3 is 4.98 Å². The van der Waals surface area contributed by atoms with Gasteiger partial charge in [0.25, 0.3) is 11.8 Å². The van der Waals surface area contributed by atoms with Crippen molar-refractivity contribution in [2.24, 2.45) is 5.10 Å². The lowest BCUT2D eigenvalue weighted by atomic mass is 10.1. The molecule has 7 nitrogen and oxygen atoms in total. The van der Waals surface area contributed by atoms with Crippen LogP contribution < -0.4 is 5.43 Å². The van der Waals surface area contributed by atoms with Gasteiger partial charge in [0.15, 0.2) is 0 Å². The molecule has 7 heteroatoms. The predicted molar refractivity (Wildman–Crippen MR) is 105 cm³/mol. The third kappa shape index (κ3) is 3.18. The molecular formula is C21H18N4O3. The zero-order valence-corrected chi connectivity index (χ0v) is 15.2. The number of benzene rings is 2. The Bertz CT molecular complexity index is 1090. The molecule has 0 unspecified atom stereocenters. The van der Waals surface area contributed by atoms with E-state index in [0.717, 1.165) is 21.4 Å². The molecule has 0 atom stereocenters. The number of hydrogen-bond donors (Lipinski definition) is 2. The maximum absolute atomic E-state index is 12.4. The molecule has 2 aromatic carbocycles. The van der Waals surface area contributed by atoms with E-state index < -0.39 is 0 Å². The fourth-order valence-corrected chi connectivity index (χ4v) is 3.30. The molecule has 3 amide bonds. The maximum Gasteiger partial charge on any atom is 0.261 e. The molecule has 1 aromatic heterocycles. The number of aromatic nitrogens is 1. The summed E-state index contributed by atoms with van der Waals surface area (Å²) in [4.78, 5) is 41.2. The van der Waals surface area contributed by atoms with Gasteiger partial charge in [-0.2, -0.15) is 5.10 Å². The Balaban J connectivity index is 1.39. The van der Waals surface area contributed by atoms with Crippen molar-refractivity contribution in [3.05, 3.63) is 71.4 Å². The highest BCUT2D eigenvalue weighted by Crippen LogP contribution is 2.22. The van der Waals surface area contributed by atoms with Crippen LogP contribution in [0.15, 0.2) is 59.8 Å². The molecule has 0 spiro atoms. The molecule has 1 aliphatic rings. The van der Waals surface area contributed by atoms with E-state index in [0.29, 0.717) is 16.8 Å². The summed E-state index contributed by atoms with van der Waals surface area (Å²) in [7, 11) is 0. The van der Waals surface area contributed by atoms with E-state index in [2.05, 4.69) is 15.5 Å². The summed E-state index contributed by atoms with van der Waals surface area (Å²) in [5.74, 6) is -0.966. The first kappa shape index (κ1) is 17.7. The summed E-state index contributed by atoms with van der Waals surface area (Å²) >= 11 is 0. The Morgan fingerprint density at radius 3 is 2.39 bits per heavy atom. The first-order valence-electron chi connectivity index (χ1n) is 8.87. The Labute approximate surface area is 161 Å². The van der Waals surface area contributed by atoms with Crippen molar-refractivity contribution in [1.82, 2.24) is 15.3 Å². The number of imide groups is 1. The maximum atomic E-state index is 12.4. The summed E-state index contributed by atoms with van der Waals surface area (Å²) in [5.41, 5.74) is 5.58. The van der Waals surface area contributed by atoms with E-state index in [1.807, 2.05) is 24.3 Å². The van der Waals surface area contributed by atoms with Gasteiger partial charge in [-0.15, -0.1) is 0 Å². The molecule has 0 radical (unpaired) electrons. The third-order valence-corrected chi connectivity index (χ3v) is 4.66. The van der Waals surface area contributed by atoms with Gasteiger partial charge in [-0.25, -0.2) is 5.43 Å². The summed E-state index contributed by atoms with van der Waals surface area (Å²) in [5, 5.41) is 5.03. The van der Waals surface area contributed by atoms with E-state index in [-0.39, 0.29) is 30.7 Å². The number of amides is 3. The van der Waals surface area contributed by atoms with Crippen LogP contribution in [-0.4, -0.2) is 39.9 Å². The monoisotopic (exact) mass is 374 g/mol. The number of aromatic amines is 1. The molecule has 4 rings (SSSR count). The van der Waals surface area contributed by atoms with E-state index in [1.54, 1.807) is 37.4 Å². The number of hydrazone groups is 1. The van der Waals surface area contributed by atoms with Crippen LogP contribution in [0, 0.1) is 0 Å². The average Bonchev–Trinajstić information content (AvgIpc) is 3.22. The summed E-state index contributed by atoms with van der Waals surface area (Å²) in [6.07, 6.45) is 1.98. The van der Waals surface area contributed by atoms with Crippen LogP contribution in [0.25, 0.3) is 10.9 Å². The largest absolute Gasteiger partial charge is 0.361 e. The number of nitrogens with one attached hydrogen (secondary N) is 2. The number of fused-ring (bicyclic) bond motifs is 2. The Kier molecular flexibility index (Phi) is 4.49. The van der Waals surface area contributed by atoms with Crippen molar-refractivity contribution in [2.75, 3.05) is 6.54 Å². The molecule has 0 bridgehead atoms. The van der Waals surface area contributed by atoms with Crippen molar-refractivity contribution >= 4 is 34.3 Å². The first-order chi connectivity index (χ1) is 13.5. The molecule has 0 fully saturated rings. The lowest BCUT2D eigenvalue weighted by molar-refractivity contribution is -0.120. The van der Waals surface area contributed by atoms with Gasteiger partial charge in [-0.3, -0.25) is 19.3 Å². The minimum absolute atomic E-state index is 0.0275. The van der Waals surface area contributed by atoms with Crippen LogP contribution in [0.2, 0.25) is 0 Å². The molecule has 3 aromatic rings. The Hall–Kier alpha value is -3.74. The van der Waals surface area contributed by atoms with E-state index >= 15 is 0 Å². The number of nitrogens with zero attached hydrogens (tertiary/aromatic N) is 2. The zero-order valence-electron chi connectivity index (χ0n) is 15.2. The second-order valence-electron chi connectivity index (χ2n) is 6.66. The van der Waals surface area contributed by atoms with Gasteiger partial charge in [0.05, 0.1) is 29.8 Å². The van der Waals surface area contributed by atoms with E-state index in [9.17, 15) is 14.4 Å². The van der Waals surface area contributed by atoms with Gasteiger partial charge in [-0.1, -0.05) is 30.3 Å². The minimum atomic E-state index is -0.347. The molecule has 2 N–H and O–H groups in total. The number of carbonyl (C=O) groups excluding carboxylic acids is 3. The Morgan fingerprint density at radius 1 is 1.04 bits per heavy atom. The normalized spacial score (nSPS) is 13.9. The number of para-hydroxylation sites is 1. The Morgan fingerprint density at radius 2 is 1.68 bits per heavy atom. The molecule has 0 saturated heterocycles. The van der Waals surface area contributed by atoms with Gasteiger partial charge in [0, 0.05) is 17.1 Å². The first-order valence-corrected chi connectivity index (χ1v) is 8.87. The minimum Gasteiger partial charge on any atom is -0.361 e. The summed E-state index contributed by atoms with van der Waals surface area (Å²) < 4.78 is 0. The van der Waals surface area contributed by atoms with Crippen molar-refractivity contribution in [1.29, 1.82) is 0 Å². The molecular weight excluding hydrogens is 356 g/mol. The van der Waals surface area contributed by atoms with Crippen LogP contribution in [0.4, 0.5) is 0 Å². The smallest absolute Gasteiger partial charge is 0.261 e. The quantitative estimate of drug-likeness (QED) is 0.408. The molecule has 28 heavy (non-hydrogen) atoms. The van der Waals surface area contributed by atoms with Gasteiger partial charge in [0.2, 0.25) is 5.91 Å². The zero-order chi connectivity index (χ0) is 19.7. The molecule has 2 heterocycles. The molecule has 0 aliphatic carbocycles. The SMILES string of the molecule is C/C(CN1C(=O)c2ccccc2C1=O)=N/NC(=O)Cc1c[nH]c2ccccc12. The van der Waals surface area contributed by atoms with Crippen molar-refractivity contribution < 1.29 is 14.4 Å². The van der Waals surface area contributed by atoms with E-state index in [1.165, 1.54) is 0 Å². The summed E-state index contributed by atoms with van der Waals surface area (Å²) in [6.45, 7) is 1.69. The number of carbonyl (C=O) groups is 3. The van der Waals surface area contributed by atoms with Crippen molar-refractivity contribution in [3.8, 4) is 0 Å². The number of rotatable bonds is 5. The van der Waals surface area contributed by atoms with Crippen LogP contribution in [0.3, 0.4) is 0 Å². The lowest BCUT2D eigenvalue weighted by Crippen LogP contribution is -2.35. The second-order valence-corrected chi connectivity index (χ2v) is 6.66. The third-order valence-electron chi connectivity index (χ3n) is 4.66. The fraction of sp³-hybridized carbons (Fsp3) is 0.143. The fourth-order valence-electron chi connectivity index (χ4n) is 3.30. The predicted octanol–water partition coefficient (Wildman–Crippen LogP) is 2.50. The highest BCUT2D eigenvalue weighted by Gasteiger charge is 2.35. The standard InChI is InChI=1S/C21H18N4O3/c1-13(12-25-20(27)16-7-2-3-8-17(16)21(25)28)23-24-19(26)10-14-11-22-18-9-5-4-6-15(14)18/h2-9,11,22H,10,12H2,1H3,(H,24,26)/b23-13-. The van der Waals surface area contributed by atoms with E-state index in [4.69, 9.17) is 0 Å². The molecule has 0 saturated carbocycles. The van der Waals surface area contributed by atoms with Gasteiger partial charge in [-0.05, 0) is 30.7 Å². The molecule has 140 valence electrons.